The van der Waals surface area contributed by atoms with E-state index in [0.717, 1.165) is 0 Å². The third-order valence-electron chi connectivity index (χ3n) is 2.90. The predicted octanol–water partition coefficient (Wildman–Crippen LogP) is -1.22. The summed E-state index contributed by atoms with van der Waals surface area (Å²) < 4.78 is 0. The number of hydrogen-bond donors (Lipinski definition) is 3. The minimum Gasteiger partial charge on any atom is -0.368 e. The summed E-state index contributed by atoms with van der Waals surface area (Å²) in [7, 11) is 0. The first-order valence-electron chi connectivity index (χ1n) is 5.71. The molecule has 1 heterocycles. The summed E-state index contributed by atoms with van der Waals surface area (Å²) in [5.41, 5.74) is 5.19. The number of primary amides is 1. The van der Waals surface area contributed by atoms with Gasteiger partial charge in [0.25, 0.3) is 0 Å². The molecular weight excluding hydrogens is 236 g/mol. The number of amides is 3. The van der Waals surface area contributed by atoms with E-state index in [9.17, 15) is 14.4 Å². The van der Waals surface area contributed by atoms with Crippen molar-refractivity contribution in [3.8, 4) is 6.07 Å². The van der Waals surface area contributed by atoms with Crippen molar-refractivity contribution >= 4 is 17.7 Å². The SMILES string of the molecule is C[C@H](CC#N)[C@@H](NC(=O)[C@H]1CCC(=O)N1)C(N)=O. The predicted molar refractivity (Wildman–Crippen MR) is 61.7 cm³/mol. The molecule has 1 fully saturated rings. The van der Waals surface area contributed by atoms with Gasteiger partial charge in [-0.15, -0.1) is 0 Å². The molecule has 4 N–H and O–H groups in total. The van der Waals surface area contributed by atoms with Crippen LogP contribution in [-0.2, 0) is 14.4 Å². The van der Waals surface area contributed by atoms with E-state index in [1.165, 1.54) is 0 Å². The second-order valence-electron chi connectivity index (χ2n) is 4.39. The summed E-state index contributed by atoms with van der Waals surface area (Å²) in [5, 5.41) is 13.6. The number of nitrogens with zero attached hydrogens (tertiary/aromatic N) is 1. The second kappa shape index (κ2) is 6.00. The fourth-order valence-corrected chi connectivity index (χ4v) is 1.82. The Morgan fingerprint density at radius 2 is 2.33 bits per heavy atom. The lowest BCUT2D eigenvalue weighted by atomic mass is 9.98. The average Bonchev–Trinajstić information content (AvgIpc) is 2.72. The number of carbonyl (C=O) groups is 3. The average molecular weight is 252 g/mol. The first-order chi connectivity index (χ1) is 8.45. The Balaban J connectivity index is 2.61. The third-order valence-corrected chi connectivity index (χ3v) is 2.90. The molecule has 0 aliphatic carbocycles. The van der Waals surface area contributed by atoms with Crippen LogP contribution >= 0.6 is 0 Å². The molecule has 18 heavy (non-hydrogen) atoms. The first kappa shape index (κ1) is 14.0. The van der Waals surface area contributed by atoms with E-state index in [0.29, 0.717) is 12.8 Å². The van der Waals surface area contributed by atoms with Gasteiger partial charge >= 0.3 is 0 Å². The van der Waals surface area contributed by atoms with E-state index in [4.69, 9.17) is 11.0 Å². The first-order valence-corrected chi connectivity index (χ1v) is 5.71. The van der Waals surface area contributed by atoms with Crippen LogP contribution < -0.4 is 16.4 Å². The summed E-state index contributed by atoms with van der Waals surface area (Å²) in [4.78, 5) is 34.0. The highest BCUT2D eigenvalue weighted by Crippen LogP contribution is 2.10. The fraction of sp³-hybridized carbons (Fsp3) is 0.636. The molecule has 3 atom stereocenters. The van der Waals surface area contributed by atoms with Gasteiger partial charge in [-0.1, -0.05) is 6.92 Å². The van der Waals surface area contributed by atoms with Crippen molar-refractivity contribution in [2.75, 3.05) is 0 Å². The Morgan fingerprint density at radius 3 is 2.78 bits per heavy atom. The Kier molecular flexibility index (Phi) is 4.66. The van der Waals surface area contributed by atoms with E-state index < -0.39 is 23.9 Å². The van der Waals surface area contributed by atoms with Gasteiger partial charge in [0.05, 0.1) is 6.07 Å². The van der Waals surface area contributed by atoms with Crippen LogP contribution in [0.3, 0.4) is 0 Å². The van der Waals surface area contributed by atoms with Gasteiger partial charge in [-0.3, -0.25) is 14.4 Å². The third kappa shape index (κ3) is 3.45. The number of nitriles is 1. The maximum absolute atomic E-state index is 11.8. The topological polar surface area (TPSA) is 125 Å². The lowest BCUT2D eigenvalue weighted by Gasteiger charge is -2.22. The molecular formula is C11H16N4O3. The summed E-state index contributed by atoms with van der Waals surface area (Å²) in [6, 6.07) is 0.413. The molecule has 1 aliphatic rings. The molecule has 1 aliphatic heterocycles. The van der Waals surface area contributed by atoms with Gasteiger partial charge in [0.1, 0.15) is 12.1 Å². The summed E-state index contributed by atoms with van der Waals surface area (Å²) in [5.74, 6) is -1.67. The van der Waals surface area contributed by atoms with Crippen LogP contribution in [-0.4, -0.2) is 29.8 Å². The minimum atomic E-state index is -0.894. The smallest absolute Gasteiger partial charge is 0.243 e. The van der Waals surface area contributed by atoms with Gasteiger partial charge in [0.2, 0.25) is 17.7 Å². The van der Waals surface area contributed by atoms with Crippen LogP contribution in [0.2, 0.25) is 0 Å². The lowest BCUT2D eigenvalue weighted by molar-refractivity contribution is -0.130. The summed E-state index contributed by atoms with van der Waals surface area (Å²) >= 11 is 0. The van der Waals surface area contributed by atoms with Crippen LogP contribution in [0.1, 0.15) is 26.2 Å². The molecule has 0 aromatic rings. The standard InChI is InChI=1S/C11H16N4O3/c1-6(4-5-12)9(10(13)17)15-11(18)7-2-3-8(16)14-7/h6-7,9H,2-4H2,1H3,(H2,13,17)(H,14,16)(H,15,18)/t6-,7-,9-/m1/s1. The van der Waals surface area contributed by atoms with Gasteiger partial charge in [-0.2, -0.15) is 5.26 Å². The van der Waals surface area contributed by atoms with Crippen molar-refractivity contribution in [2.45, 2.75) is 38.3 Å². The quantitative estimate of drug-likeness (QED) is 0.567. The highest BCUT2D eigenvalue weighted by atomic mass is 16.2. The lowest BCUT2D eigenvalue weighted by Crippen LogP contribution is -2.53. The van der Waals surface area contributed by atoms with Crippen molar-refractivity contribution in [2.24, 2.45) is 11.7 Å². The molecule has 98 valence electrons. The molecule has 1 rings (SSSR count). The van der Waals surface area contributed by atoms with Crippen LogP contribution in [0.25, 0.3) is 0 Å². The van der Waals surface area contributed by atoms with Crippen molar-refractivity contribution in [1.82, 2.24) is 10.6 Å². The van der Waals surface area contributed by atoms with Crippen molar-refractivity contribution in [1.29, 1.82) is 5.26 Å². The maximum Gasteiger partial charge on any atom is 0.243 e. The molecule has 7 heteroatoms. The molecule has 3 amide bonds. The van der Waals surface area contributed by atoms with E-state index in [-0.39, 0.29) is 18.2 Å². The van der Waals surface area contributed by atoms with Crippen LogP contribution in [0, 0.1) is 17.2 Å². The maximum atomic E-state index is 11.8. The molecule has 0 saturated carbocycles. The monoisotopic (exact) mass is 252 g/mol. The zero-order valence-electron chi connectivity index (χ0n) is 10.1. The summed E-state index contributed by atoms with van der Waals surface area (Å²) in [6.45, 7) is 1.66. The van der Waals surface area contributed by atoms with E-state index in [2.05, 4.69) is 10.6 Å². The van der Waals surface area contributed by atoms with Crippen molar-refractivity contribution in [3.05, 3.63) is 0 Å². The number of carbonyl (C=O) groups excluding carboxylic acids is 3. The molecule has 0 aromatic heterocycles. The molecule has 0 radical (unpaired) electrons. The zero-order chi connectivity index (χ0) is 13.7. The number of nitrogens with two attached hydrogens (primary N) is 1. The van der Waals surface area contributed by atoms with E-state index in [1.807, 2.05) is 6.07 Å². The van der Waals surface area contributed by atoms with E-state index in [1.54, 1.807) is 6.92 Å². The highest BCUT2D eigenvalue weighted by Gasteiger charge is 2.31. The Morgan fingerprint density at radius 1 is 1.67 bits per heavy atom. The highest BCUT2D eigenvalue weighted by molar-refractivity contribution is 5.93. The van der Waals surface area contributed by atoms with E-state index >= 15 is 0 Å². The van der Waals surface area contributed by atoms with Crippen molar-refractivity contribution < 1.29 is 14.4 Å². The van der Waals surface area contributed by atoms with Gasteiger partial charge in [-0.25, -0.2) is 0 Å². The van der Waals surface area contributed by atoms with Gasteiger partial charge in [0, 0.05) is 12.8 Å². The second-order valence-corrected chi connectivity index (χ2v) is 4.39. The number of nitrogens with one attached hydrogen (secondary N) is 2. The largest absolute Gasteiger partial charge is 0.368 e. The van der Waals surface area contributed by atoms with Gasteiger partial charge < -0.3 is 16.4 Å². The normalized spacial score (nSPS) is 21.6. The molecule has 0 aromatic carbocycles. The molecule has 7 nitrogen and oxygen atoms in total. The number of rotatable bonds is 5. The Bertz CT molecular complexity index is 402. The van der Waals surface area contributed by atoms with Crippen LogP contribution in [0.15, 0.2) is 0 Å². The Hall–Kier alpha value is -2.10. The zero-order valence-corrected chi connectivity index (χ0v) is 10.1. The van der Waals surface area contributed by atoms with Crippen LogP contribution in [0.5, 0.6) is 0 Å². The van der Waals surface area contributed by atoms with Crippen molar-refractivity contribution in [3.63, 3.8) is 0 Å². The van der Waals surface area contributed by atoms with Gasteiger partial charge in [0.15, 0.2) is 0 Å². The minimum absolute atomic E-state index is 0.116. The number of hydrogen-bond acceptors (Lipinski definition) is 4. The van der Waals surface area contributed by atoms with Gasteiger partial charge in [-0.05, 0) is 12.3 Å². The molecule has 0 unspecified atom stereocenters. The van der Waals surface area contributed by atoms with Crippen LogP contribution in [0.4, 0.5) is 0 Å². The fourth-order valence-electron chi connectivity index (χ4n) is 1.82. The molecule has 0 spiro atoms. The Labute approximate surface area is 105 Å². The molecule has 0 bridgehead atoms. The summed E-state index contributed by atoms with van der Waals surface area (Å²) in [6.07, 6.45) is 0.820. The molecule has 1 saturated heterocycles.